The van der Waals surface area contributed by atoms with Gasteiger partial charge in [-0.15, -0.1) is 0 Å². The van der Waals surface area contributed by atoms with Crippen LogP contribution in [0, 0.1) is 0 Å². The first-order valence-electron chi connectivity index (χ1n) is 8.36. The summed E-state index contributed by atoms with van der Waals surface area (Å²) in [4.78, 5) is 29.2. The zero-order valence-electron chi connectivity index (χ0n) is 14.2. The van der Waals surface area contributed by atoms with Crippen LogP contribution >= 0.6 is 0 Å². The van der Waals surface area contributed by atoms with Gasteiger partial charge in [0.05, 0.1) is 12.7 Å². The van der Waals surface area contributed by atoms with Crippen LogP contribution in [0.1, 0.15) is 49.2 Å². The van der Waals surface area contributed by atoms with Crippen molar-refractivity contribution in [2.24, 2.45) is 0 Å². The number of amides is 1. The number of hydrogen-bond donors (Lipinski definition) is 2. The number of ether oxygens (including phenoxy) is 1. The normalized spacial score (nSPS) is 19.0. The molecule has 6 heteroatoms. The molecule has 0 bridgehead atoms. The second kappa shape index (κ2) is 8.26. The molecule has 2 N–H and O–H groups in total. The third-order valence-electron chi connectivity index (χ3n) is 4.22. The number of carbonyl (C=O) groups excluding carboxylic acids is 1. The molecule has 1 aliphatic rings. The summed E-state index contributed by atoms with van der Waals surface area (Å²) in [6.45, 7) is 10.3. The lowest BCUT2D eigenvalue weighted by molar-refractivity contribution is -0.0296. The molecule has 0 aliphatic carbocycles. The summed E-state index contributed by atoms with van der Waals surface area (Å²) in [5.41, 5.74) is 0.663. The van der Waals surface area contributed by atoms with Gasteiger partial charge in [-0.1, -0.05) is 20.8 Å². The molecule has 6 nitrogen and oxygen atoms in total. The van der Waals surface area contributed by atoms with Crippen molar-refractivity contribution in [2.75, 3.05) is 32.8 Å². The van der Waals surface area contributed by atoms with Crippen molar-refractivity contribution in [3.05, 3.63) is 33.7 Å². The van der Waals surface area contributed by atoms with Gasteiger partial charge < -0.3 is 15.0 Å². The largest absolute Gasteiger partial charge is 0.375 e. The van der Waals surface area contributed by atoms with Crippen molar-refractivity contribution in [1.29, 1.82) is 0 Å². The fourth-order valence-electron chi connectivity index (χ4n) is 2.69. The van der Waals surface area contributed by atoms with Crippen molar-refractivity contribution in [3.63, 3.8) is 0 Å². The predicted molar refractivity (Wildman–Crippen MR) is 90.0 cm³/mol. The molecule has 1 unspecified atom stereocenters. The number of nitrogens with one attached hydrogen (secondary N) is 2. The quantitative estimate of drug-likeness (QED) is 0.829. The van der Waals surface area contributed by atoms with E-state index in [1.807, 2.05) is 13.8 Å². The second-order valence-electron chi connectivity index (χ2n) is 6.24. The monoisotopic (exact) mass is 321 g/mol. The number of H-pyrrole nitrogens is 1. The molecule has 1 aromatic heterocycles. The van der Waals surface area contributed by atoms with Crippen molar-refractivity contribution in [1.82, 2.24) is 15.2 Å². The second-order valence-corrected chi connectivity index (χ2v) is 6.24. The average molecular weight is 321 g/mol. The van der Waals surface area contributed by atoms with Crippen LogP contribution in [-0.4, -0.2) is 54.7 Å². The highest BCUT2D eigenvalue weighted by Gasteiger charge is 2.19. The number of hydrogen-bond acceptors (Lipinski definition) is 4. The first-order valence-corrected chi connectivity index (χ1v) is 8.36. The molecule has 0 saturated carbocycles. The zero-order chi connectivity index (χ0) is 16.8. The van der Waals surface area contributed by atoms with Crippen LogP contribution in [0.4, 0.5) is 0 Å². The Hall–Kier alpha value is -1.66. The molecule has 128 valence electrons. The van der Waals surface area contributed by atoms with Gasteiger partial charge in [0.25, 0.3) is 11.5 Å². The Kier molecular flexibility index (Phi) is 6.36. The summed E-state index contributed by atoms with van der Waals surface area (Å²) in [5, 5.41) is 2.81. The number of pyridine rings is 1. The van der Waals surface area contributed by atoms with Crippen molar-refractivity contribution < 1.29 is 9.53 Å². The minimum absolute atomic E-state index is 0.144. The van der Waals surface area contributed by atoms with E-state index in [0.717, 1.165) is 38.4 Å². The first kappa shape index (κ1) is 17.7. The van der Waals surface area contributed by atoms with E-state index in [9.17, 15) is 9.59 Å². The Morgan fingerprint density at radius 1 is 1.48 bits per heavy atom. The van der Waals surface area contributed by atoms with E-state index in [-0.39, 0.29) is 29.1 Å². The van der Waals surface area contributed by atoms with Gasteiger partial charge in [0.1, 0.15) is 5.56 Å². The summed E-state index contributed by atoms with van der Waals surface area (Å²) in [7, 11) is 0. The van der Waals surface area contributed by atoms with Gasteiger partial charge in [-0.25, -0.2) is 0 Å². The van der Waals surface area contributed by atoms with Gasteiger partial charge in [0, 0.05) is 25.3 Å². The van der Waals surface area contributed by atoms with E-state index in [1.54, 1.807) is 12.1 Å². The van der Waals surface area contributed by atoms with Crippen LogP contribution in [0.3, 0.4) is 0 Å². The summed E-state index contributed by atoms with van der Waals surface area (Å²) < 4.78 is 5.70. The van der Waals surface area contributed by atoms with Gasteiger partial charge in [0.15, 0.2) is 0 Å². The molecule has 2 heterocycles. The molecular formula is C17H27N3O3. The van der Waals surface area contributed by atoms with Crippen LogP contribution in [-0.2, 0) is 4.74 Å². The predicted octanol–water partition coefficient (Wildman–Crippen LogP) is 1.34. The number of likely N-dealkylation sites (N-methyl/N-ethyl adjacent to an activating group) is 1. The minimum Gasteiger partial charge on any atom is -0.375 e. The lowest BCUT2D eigenvalue weighted by Gasteiger charge is -2.32. The average Bonchev–Trinajstić information content (AvgIpc) is 2.54. The number of carbonyl (C=O) groups is 1. The van der Waals surface area contributed by atoms with Crippen LogP contribution in [0.15, 0.2) is 16.9 Å². The van der Waals surface area contributed by atoms with Crippen molar-refractivity contribution in [2.45, 2.75) is 39.2 Å². The lowest BCUT2D eigenvalue weighted by Crippen LogP contribution is -2.43. The van der Waals surface area contributed by atoms with Crippen LogP contribution in [0.5, 0.6) is 0 Å². The van der Waals surface area contributed by atoms with E-state index < -0.39 is 0 Å². The molecule has 1 aliphatic heterocycles. The van der Waals surface area contributed by atoms with E-state index in [2.05, 4.69) is 22.1 Å². The topological polar surface area (TPSA) is 74.4 Å². The van der Waals surface area contributed by atoms with Gasteiger partial charge in [-0.2, -0.15) is 0 Å². The fraction of sp³-hybridized carbons (Fsp3) is 0.647. The lowest BCUT2D eigenvalue weighted by atomic mass is 10.1. The van der Waals surface area contributed by atoms with Crippen LogP contribution in [0.2, 0.25) is 0 Å². The van der Waals surface area contributed by atoms with E-state index >= 15 is 0 Å². The van der Waals surface area contributed by atoms with Gasteiger partial charge >= 0.3 is 0 Å². The van der Waals surface area contributed by atoms with Gasteiger partial charge in [0.2, 0.25) is 0 Å². The highest BCUT2D eigenvalue weighted by Crippen LogP contribution is 2.09. The molecular weight excluding hydrogens is 294 g/mol. The Morgan fingerprint density at radius 3 is 2.91 bits per heavy atom. The molecule has 1 aromatic rings. The summed E-state index contributed by atoms with van der Waals surface area (Å²) in [5.74, 6) is -0.102. The molecule has 0 aromatic carbocycles. The van der Waals surface area contributed by atoms with Crippen LogP contribution < -0.4 is 10.9 Å². The maximum atomic E-state index is 12.1. The molecule has 1 atom stereocenters. The molecule has 1 amide bonds. The molecule has 0 radical (unpaired) electrons. The molecule has 1 saturated heterocycles. The van der Waals surface area contributed by atoms with Gasteiger partial charge in [-0.05, 0) is 31.0 Å². The molecule has 23 heavy (non-hydrogen) atoms. The third kappa shape index (κ3) is 4.91. The zero-order valence-corrected chi connectivity index (χ0v) is 14.2. The number of morpholine rings is 1. The van der Waals surface area contributed by atoms with E-state index in [0.29, 0.717) is 6.54 Å². The number of aromatic nitrogens is 1. The highest BCUT2D eigenvalue weighted by molar-refractivity contribution is 5.93. The Balaban J connectivity index is 1.84. The van der Waals surface area contributed by atoms with Crippen molar-refractivity contribution >= 4 is 5.91 Å². The highest BCUT2D eigenvalue weighted by atomic mass is 16.5. The SMILES string of the molecule is CCN1CCOC(CCNC(=O)c2ccc(C(C)C)[nH]c2=O)C1. The fourth-order valence-corrected chi connectivity index (χ4v) is 2.69. The standard InChI is InChI=1S/C17H27N3O3/c1-4-20-9-10-23-13(11-20)7-8-18-16(21)14-5-6-15(12(2)3)19-17(14)22/h5-6,12-13H,4,7-11H2,1-3H3,(H,18,21)(H,19,22). The number of aromatic amines is 1. The summed E-state index contributed by atoms with van der Waals surface area (Å²) >= 11 is 0. The number of nitrogens with zero attached hydrogens (tertiary/aromatic N) is 1. The van der Waals surface area contributed by atoms with Crippen LogP contribution in [0.25, 0.3) is 0 Å². The Bertz CT molecular complexity index is 583. The molecule has 1 fully saturated rings. The van der Waals surface area contributed by atoms with E-state index in [4.69, 9.17) is 4.74 Å². The van der Waals surface area contributed by atoms with E-state index in [1.165, 1.54) is 0 Å². The molecule has 0 spiro atoms. The smallest absolute Gasteiger partial charge is 0.261 e. The maximum absolute atomic E-state index is 12.1. The van der Waals surface area contributed by atoms with Gasteiger partial charge in [-0.3, -0.25) is 14.5 Å². The summed E-state index contributed by atoms with van der Waals surface area (Å²) in [6.07, 6.45) is 0.898. The summed E-state index contributed by atoms with van der Waals surface area (Å²) in [6, 6.07) is 3.39. The van der Waals surface area contributed by atoms with Crippen molar-refractivity contribution in [3.8, 4) is 0 Å². The Morgan fingerprint density at radius 2 is 2.26 bits per heavy atom. The minimum atomic E-state index is -0.334. The Labute approximate surface area is 137 Å². The molecule has 2 rings (SSSR count). The number of rotatable bonds is 6. The first-order chi connectivity index (χ1) is 11.0. The third-order valence-corrected chi connectivity index (χ3v) is 4.22. The maximum Gasteiger partial charge on any atom is 0.261 e.